The zero-order valence-electron chi connectivity index (χ0n) is 9.42. The summed E-state index contributed by atoms with van der Waals surface area (Å²) >= 11 is 0. The maximum atomic E-state index is 13.5. The normalized spacial score (nSPS) is 10.6. The Morgan fingerprint density at radius 2 is 2.06 bits per heavy atom. The Morgan fingerprint density at radius 3 is 2.72 bits per heavy atom. The second-order valence-electron chi connectivity index (χ2n) is 3.61. The van der Waals surface area contributed by atoms with Crippen molar-refractivity contribution >= 4 is 16.9 Å². The van der Waals surface area contributed by atoms with Crippen molar-refractivity contribution in [2.45, 2.75) is 6.92 Å². The maximum Gasteiger partial charge on any atom is 0.349 e. The molecule has 6 heteroatoms. The molecular formula is C12H9F2NO3. The monoisotopic (exact) mass is 253 g/mol. The molecular weight excluding hydrogens is 244 g/mol. The standard InChI is InChI=1S/C12H9F2NO3/c1-2-15-11(16)8-5-7-9(14)3-6(13)4-10(7)18-12(8)17/h3-5H,2H2,1H3,(H,15,16). The summed E-state index contributed by atoms with van der Waals surface area (Å²) in [5, 5.41) is 2.29. The molecule has 0 spiro atoms. The Kier molecular flexibility index (Phi) is 3.10. The molecule has 0 fully saturated rings. The number of carbonyl (C=O) groups is 1. The van der Waals surface area contributed by atoms with E-state index in [0.29, 0.717) is 12.6 Å². The summed E-state index contributed by atoms with van der Waals surface area (Å²) in [6.45, 7) is 2.00. The minimum Gasteiger partial charge on any atom is -0.422 e. The van der Waals surface area contributed by atoms with Crippen LogP contribution in [0.25, 0.3) is 11.0 Å². The van der Waals surface area contributed by atoms with Gasteiger partial charge < -0.3 is 9.73 Å². The van der Waals surface area contributed by atoms with E-state index in [9.17, 15) is 18.4 Å². The molecule has 4 nitrogen and oxygen atoms in total. The number of rotatable bonds is 2. The molecule has 2 rings (SSSR count). The van der Waals surface area contributed by atoms with Gasteiger partial charge in [0.15, 0.2) is 0 Å². The van der Waals surface area contributed by atoms with Crippen LogP contribution in [-0.2, 0) is 0 Å². The van der Waals surface area contributed by atoms with Crippen LogP contribution in [0.3, 0.4) is 0 Å². The van der Waals surface area contributed by atoms with E-state index < -0.39 is 23.2 Å². The predicted molar refractivity (Wildman–Crippen MR) is 60.4 cm³/mol. The molecule has 0 aliphatic rings. The van der Waals surface area contributed by atoms with Gasteiger partial charge in [-0.05, 0) is 13.0 Å². The summed E-state index contributed by atoms with van der Waals surface area (Å²) in [5.41, 5.74) is -1.47. The zero-order valence-corrected chi connectivity index (χ0v) is 9.42. The molecule has 0 aliphatic carbocycles. The Bertz CT molecular complexity index is 679. The van der Waals surface area contributed by atoms with Crippen molar-refractivity contribution in [1.29, 1.82) is 0 Å². The van der Waals surface area contributed by atoms with Crippen LogP contribution in [0.2, 0.25) is 0 Å². The minimum absolute atomic E-state index is 0.114. The predicted octanol–water partition coefficient (Wildman–Crippen LogP) is 1.82. The molecule has 94 valence electrons. The van der Waals surface area contributed by atoms with Gasteiger partial charge in [0.2, 0.25) is 0 Å². The third kappa shape index (κ3) is 2.09. The number of hydrogen-bond donors (Lipinski definition) is 1. The highest BCUT2D eigenvalue weighted by Gasteiger charge is 2.15. The quantitative estimate of drug-likeness (QED) is 0.830. The minimum atomic E-state index is -0.932. The van der Waals surface area contributed by atoms with Crippen molar-refractivity contribution in [3.05, 3.63) is 45.8 Å². The van der Waals surface area contributed by atoms with E-state index in [1.807, 2.05) is 0 Å². The van der Waals surface area contributed by atoms with Gasteiger partial charge in [0.25, 0.3) is 5.91 Å². The van der Waals surface area contributed by atoms with Crippen LogP contribution in [0.1, 0.15) is 17.3 Å². The lowest BCUT2D eigenvalue weighted by Gasteiger charge is -2.03. The lowest BCUT2D eigenvalue weighted by atomic mass is 10.1. The Morgan fingerprint density at radius 1 is 1.33 bits per heavy atom. The SMILES string of the molecule is CCNC(=O)c1cc2c(F)cc(F)cc2oc1=O. The second kappa shape index (κ2) is 4.56. The van der Waals surface area contributed by atoms with E-state index >= 15 is 0 Å². The van der Waals surface area contributed by atoms with Gasteiger partial charge in [0.1, 0.15) is 22.8 Å². The van der Waals surface area contributed by atoms with Crippen molar-refractivity contribution < 1.29 is 18.0 Å². The van der Waals surface area contributed by atoms with E-state index in [1.54, 1.807) is 6.92 Å². The fourth-order valence-corrected chi connectivity index (χ4v) is 1.56. The van der Waals surface area contributed by atoms with Gasteiger partial charge in [-0.3, -0.25) is 4.79 Å². The summed E-state index contributed by atoms with van der Waals surface area (Å²) in [4.78, 5) is 23.0. The van der Waals surface area contributed by atoms with Gasteiger partial charge in [-0.2, -0.15) is 0 Å². The molecule has 0 aliphatic heterocycles. The number of nitrogens with one attached hydrogen (secondary N) is 1. The molecule has 1 amide bonds. The number of hydrogen-bond acceptors (Lipinski definition) is 3. The molecule has 2 aromatic rings. The van der Waals surface area contributed by atoms with E-state index in [-0.39, 0.29) is 16.5 Å². The summed E-state index contributed by atoms with van der Waals surface area (Å²) in [7, 11) is 0. The van der Waals surface area contributed by atoms with Crippen molar-refractivity contribution in [2.75, 3.05) is 6.54 Å². The third-order valence-electron chi connectivity index (χ3n) is 2.35. The first-order valence-electron chi connectivity index (χ1n) is 5.24. The number of amides is 1. The lowest BCUT2D eigenvalue weighted by Crippen LogP contribution is -2.27. The van der Waals surface area contributed by atoms with Crippen LogP contribution in [0.5, 0.6) is 0 Å². The largest absolute Gasteiger partial charge is 0.422 e. The number of benzene rings is 1. The van der Waals surface area contributed by atoms with Gasteiger partial charge >= 0.3 is 5.63 Å². The van der Waals surface area contributed by atoms with Gasteiger partial charge in [0.05, 0.1) is 5.39 Å². The van der Waals surface area contributed by atoms with E-state index in [2.05, 4.69) is 5.32 Å². The fourth-order valence-electron chi connectivity index (χ4n) is 1.56. The summed E-state index contributed by atoms with van der Waals surface area (Å²) < 4.78 is 31.1. The molecule has 0 radical (unpaired) electrons. The van der Waals surface area contributed by atoms with E-state index in [1.165, 1.54) is 0 Å². The van der Waals surface area contributed by atoms with Crippen LogP contribution in [0.15, 0.2) is 27.4 Å². The van der Waals surface area contributed by atoms with Gasteiger partial charge in [-0.15, -0.1) is 0 Å². The van der Waals surface area contributed by atoms with Crippen LogP contribution < -0.4 is 10.9 Å². The maximum absolute atomic E-state index is 13.5. The van der Waals surface area contributed by atoms with Crippen molar-refractivity contribution in [2.24, 2.45) is 0 Å². The molecule has 1 N–H and O–H groups in total. The van der Waals surface area contributed by atoms with Gasteiger partial charge in [-0.1, -0.05) is 0 Å². The first-order valence-corrected chi connectivity index (χ1v) is 5.24. The van der Waals surface area contributed by atoms with E-state index in [4.69, 9.17) is 4.42 Å². The Balaban J connectivity index is 2.69. The van der Waals surface area contributed by atoms with Crippen LogP contribution >= 0.6 is 0 Å². The van der Waals surface area contributed by atoms with Crippen molar-refractivity contribution in [3.63, 3.8) is 0 Å². The summed E-state index contributed by atoms with van der Waals surface area (Å²) in [6.07, 6.45) is 0. The Labute approximate surface area is 100 Å². The molecule has 0 saturated heterocycles. The molecule has 0 bridgehead atoms. The molecule has 0 atom stereocenters. The molecule has 18 heavy (non-hydrogen) atoms. The fraction of sp³-hybridized carbons (Fsp3) is 0.167. The number of halogens is 2. The highest BCUT2D eigenvalue weighted by molar-refractivity contribution is 5.96. The highest BCUT2D eigenvalue weighted by Crippen LogP contribution is 2.19. The molecule has 1 aromatic heterocycles. The van der Waals surface area contributed by atoms with Crippen LogP contribution in [-0.4, -0.2) is 12.5 Å². The topological polar surface area (TPSA) is 59.3 Å². The van der Waals surface area contributed by atoms with Crippen molar-refractivity contribution in [3.8, 4) is 0 Å². The van der Waals surface area contributed by atoms with Crippen molar-refractivity contribution in [1.82, 2.24) is 5.32 Å². The van der Waals surface area contributed by atoms with Crippen LogP contribution in [0, 0.1) is 11.6 Å². The number of fused-ring (bicyclic) bond motifs is 1. The average Bonchev–Trinajstić information content (AvgIpc) is 2.27. The Hall–Kier alpha value is -2.24. The molecule has 1 aromatic carbocycles. The first kappa shape index (κ1) is 12.2. The lowest BCUT2D eigenvalue weighted by molar-refractivity contribution is 0.0952. The van der Waals surface area contributed by atoms with Gasteiger partial charge in [-0.25, -0.2) is 13.6 Å². The summed E-state index contributed by atoms with van der Waals surface area (Å²) in [5.74, 6) is -2.40. The smallest absolute Gasteiger partial charge is 0.349 e. The highest BCUT2D eigenvalue weighted by atomic mass is 19.1. The third-order valence-corrected chi connectivity index (χ3v) is 2.35. The molecule has 0 unspecified atom stereocenters. The zero-order chi connectivity index (χ0) is 13.3. The first-order chi connectivity index (χ1) is 8.52. The van der Waals surface area contributed by atoms with E-state index in [0.717, 1.165) is 12.1 Å². The average molecular weight is 253 g/mol. The summed E-state index contributed by atoms with van der Waals surface area (Å²) in [6, 6.07) is 2.60. The second-order valence-corrected chi connectivity index (χ2v) is 3.61. The van der Waals surface area contributed by atoms with Gasteiger partial charge in [0, 0.05) is 18.7 Å². The van der Waals surface area contributed by atoms with Crippen LogP contribution in [0.4, 0.5) is 8.78 Å². The molecule has 1 heterocycles. The number of carbonyl (C=O) groups excluding carboxylic acids is 1. The molecule has 0 saturated carbocycles.